The van der Waals surface area contributed by atoms with Crippen molar-refractivity contribution in [2.75, 3.05) is 13.1 Å². The maximum Gasteiger partial charge on any atom is 0.410 e. The monoisotopic (exact) mass is 278 g/mol. The van der Waals surface area contributed by atoms with E-state index in [0.717, 1.165) is 18.4 Å². The molecule has 2 rings (SSSR count). The lowest BCUT2D eigenvalue weighted by atomic mass is 9.90. The Balaban J connectivity index is 1.92. The summed E-state index contributed by atoms with van der Waals surface area (Å²) in [4.78, 5) is 27.7. The van der Waals surface area contributed by atoms with Crippen LogP contribution < -0.4 is 5.56 Å². The second kappa shape index (κ2) is 5.69. The molecule has 1 aromatic rings. The van der Waals surface area contributed by atoms with E-state index in [4.69, 9.17) is 4.74 Å². The number of nitrogens with one attached hydrogen (secondary N) is 1. The molecule has 1 amide bonds. The third-order valence-corrected chi connectivity index (χ3v) is 3.42. The van der Waals surface area contributed by atoms with Gasteiger partial charge < -0.3 is 14.6 Å². The molecule has 1 saturated heterocycles. The van der Waals surface area contributed by atoms with E-state index in [2.05, 4.69) is 4.98 Å². The number of ether oxygens (including phenoxy) is 1. The van der Waals surface area contributed by atoms with Crippen LogP contribution in [-0.2, 0) is 4.74 Å². The number of amides is 1. The summed E-state index contributed by atoms with van der Waals surface area (Å²) in [7, 11) is 0. The van der Waals surface area contributed by atoms with Gasteiger partial charge in [0.25, 0.3) is 0 Å². The minimum Gasteiger partial charge on any atom is -0.444 e. The quantitative estimate of drug-likeness (QED) is 0.858. The molecule has 1 N–H and O–H groups in total. The Labute approximate surface area is 118 Å². The summed E-state index contributed by atoms with van der Waals surface area (Å²) in [5.41, 5.74) is 0.523. The Morgan fingerprint density at radius 2 is 2.00 bits per heavy atom. The molecule has 1 aliphatic heterocycles. The highest BCUT2D eigenvalue weighted by molar-refractivity contribution is 5.68. The molecule has 0 radical (unpaired) electrons. The van der Waals surface area contributed by atoms with Crippen LogP contribution in [0.25, 0.3) is 0 Å². The number of aromatic amines is 1. The molecule has 5 nitrogen and oxygen atoms in total. The molecule has 0 spiro atoms. The van der Waals surface area contributed by atoms with Gasteiger partial charge in [-0.15, -0.1) is 0 Å². The second-order valence-corrected chi connectivity index (χ2v) is 6.23. The first-order chi connectivity index (χ1) is 9.35. The number of rotatable bonds is 1. The maximum atomic E-state index is 12.0. The van der Waals surface area contributed by atoms with Crippen LogP contribution in [0, 0.1) is 0 Å². The lowest BCUT2D eigenvalue weighted by Crippen LogP contribution is -2.41. The van der Waals surface area contributed by atoms with Gasteiger partial charge in [-0.25, -0.2) is 4.79 Å². The molecule has 0 bridgehead atoms. The molecule has 1 aliphatic rings. The van der Waals surface area contributed by atoms with Crippen molar-refractivity contribution in [3.05, 3.63) is 34.2 Å². The van der Waals surface area contributed by atoms with E-state index >= 15 is 0 Å². The van der Waals surface area contributed by atoms with E-state index in [1.54, 1.807) is 17.2 Å². The first-order valence-electron chi connectivity index (χ1n) is 7.02. The zero-order valence-corrected chi connectivity index (χ0v) is 12.3. The number of pyridine rings is 1. The Hall–Kier alpha value is -1.78. The Kier molecular flexibility index (Phi) is 4.16. The third kappa shape index (κ3) is 3.85. The van der Waals surface area contributed by atoms with Crippen LogP contribution >= 0.6 is 0 Å². The van der Waals surface area contributed by atoms with Crippen molar-refractivity contribution in [3.8, 4) is 0 Å². The zero-order chi connectivity index (χ0) is 14.8. The summed E-state index contributed by atoms with van der Waals surface area (Å²) in [6, 6.07) is 3.59. The first-order valence-corrected chi connectivity index (χ1v) is 7.02. The van der Waals surface area contributed by atoms with Crippen molar-refractivity contribution in [1.29, 1.82) is 0 Å². The fourth-order valence-electron chi connectivity index (χ4n) is 2.44. The second-order valence-electron chi connectivity index (χ2n) is 6.23. The number of piperidine rings is 1. The number of H-pyrrole nitrogens is 1. The summed E-state index contributed by atoms with van der Waals surface area (Å²) in [5, 5.41) is 0. The van der Waals surface area contributed by atoms with E-state index in [-0.39, 0.29) is 11.7 Å². The van der Waals surface area contributed by atoms with Crippen molar-refractivity contribution in [2.24, 2.45) is 0 Å². The minimum atomic E-state index is -0.458. The molecule has 0 aromatic carbocycles. The third-order valence-electron chi connectivity index (χ3n) is 3.42. The SMILES string of the molecule is CC(C)(C)OC(=O)N1CCC(c2cc[nH]c(=O)c2)CC1. The number of aromatic nitrogens is 1. The maximum absolute atomic E-state index is 12.0. The smallest absolute Gasteiger partial charge is 0.410 e. The highest BCUT2D eigenvalue weighted by Gasteiger charge is 2.27. The molecule has 1 aromatic heterocycles. The predicted octanol–water partition coefficient (Wildman–Crippen LogP) is 2.49. The molecular weight excluding hydrogens is 256 g/mol. The van der Waals surface area contributed by atoms with Crippen LogP contribution in [0.15, 0.2) is 23.1 Å². The van der Waals surface area contributed by atoms with Crippen molar-refractivity contribution < 1.29 is 9.53 Å². The fraction of sp³-hybridized carbons (Fsp3) is 0.600. The van der Waals surface area contributed by atoms with Crippen molar-refractivity contribution in [3.63, 3.8) is 0 Å². The average Bonchev–Trinajstić information content (AvgIpc) is 2.37. The molecule has 0 unspecified atom stereocenters. The largest absolute Gasteiger partial charge is 0.444 e. The summed E-state index contributed by atoms with van der Waals surface area (Å²) < 4.78 is 5.37. The highest BCUT2D eigenvalue weighted by atomic mass is 16.6. The van der Waals surface area contributed by atoms with Crippen LogP contribution in [0.3, 0.4) is 0 Å². The van der Waals surface area contributed by atoms with Crippen LogP contribution in [0.4, 0.5) is 4.79 Å². The van der Waals surface area contributed by atoms with E-state index in [0.29, 0.717) is 19.0 Å². The van der Waals surface area contributed by atoms with E-state index in [1.807, 2.05) is 26.8 Å². The van der Waals surface area contributed by atoms with Gasteiger partial charge in [-0.2, -0.15) is 0 Å². The number of hydrogen-bond donors (Lipinski definition) is 1. The minimum absolute atomic E-state index is 0.0722. The number of likely N-dealkylation sites (tertiary alicyclic amines) is 1. The van der Waals surface area contributed by atoms with Crippen LogP contribution in [0.2, 0.25) is 0 Å². The van der Waals surface area contributed by atoms with Crippen molar-refractivity contribution in [2.45, 2.75) is 45.1 Å². The average molecular weight is 278 g/mol. The molecule has 20 heavy (non-hydrogen) atoms. The van der Waals surface area contributed by atoms with Crippen molar-refractivity contribution in [1.82, 2.24) is 9.88 Å². The van der Waals surface area contributed by atoms with Gasteiger partial charge in [0.05, 0.1) is 0 Å². The van der Waals surface area contributed by atoms with Gasteiger partial charge in [0.15, 0.2) is 0 Å². The van der Waals surface area contributed by atoms with Gasteiger partial charge in [0.2, 0.25) is 5.56 Å². The Morgan fingerprint density at radius 3 is 2.55 bits per heavy atom. The summed E-state index contributed by atoms with van der Waals surface area (Å²) in [6.45, 7) is 6.95. The molecule has 2 heterocycles. The highest BCUT2D eigenvalue weighted by Crippen LogP contribution is 2.27. The van der Waals surface area contributed by atoms with Crippen molar-refractivity contribution >= 4 is 6.09 Å². The summed E-state index contributed by atoms with van der Waals surface area (Å²) in [5.74, 6) is 0.344. The van der Waals surface area contributed by atoms with E-state index < -0.39 is 5.60 Å². The molecule has 0 aliphatic carbocycles. The van der Waals surface area contributed by atoms with Gasteiger partial charge in [-0.3, -0.25) is 4.79 Å². The number of hydrogen-bond acceptors (Lipinski definition) is 3. The molecule has 1 fully saturated rings. The Bertz CT molecular complexity index is 522. The zero-order valence-electron chi connectivity index (χ0n) is 12.3. The van der Waals surface area contributed by atoms with Crippen LogP contribution in [-0.4, -0.2) is 34.7 Å². The van der Waals surface area contributed by atoms with Gasteiger partial charge in [0, 0.05) is 25.4 Å². The summed E-state index contributed by atoms with van der Waals surface area (Å²) in [6.07, 6.45) is 3.16. The van der Waals surface area contributed by atoms with E-state index in [1.165, 1.54) is 0 Å². The molecule has 110 valence electrons. The van der Waals surface area contributed by atoms with Gasteiger partial charge in [-0.05, 0) is 51.2 Å². The first kappa shape index (κ1) is 14.6. The standard InChI is InChI=1S/C15H22N2O3/c1-15(2,3)20-14(19)17-8-5-11(6-9-17)12-4-7-16-13(18)10-12/h4,7,10-11H,5-6,8-9H2,1-3H3,(H,16,18). The number of carbonyl (C=O) groups is 1. The van der Waals surface area contributed by atoms with E-state index in [9.17, 15) is 9.59 Å². The Morgan fingerprint density at radius 1 is 1.35 bits per heavy atom. The van der Waals surface area contributed by atoms with Crippen LogP contribution in [0.5, 0.6) is 0 Å². The summed E-state index contributed by atoms with van der Waals surface area (Å²) >= 11 is 0. The molecule has 0 saturated carbocycles. The fourth-order valence-corrected chi connectivity index (χ4v) is 2.44. The predicted molar refractivity (Wildman–Crippen MR) is 76.8 cm³/mol. The van der Waals surface area contributed by atoms with Crippen LogP contribution in [0.1, 0.15) is 45.1 Å². The lowest BCUT2D eigenvalue weighted by Gasteiger charge is -2.33. The lowest BCUT2D eigenvalue weighted by molar-refractivity contribution is 0.0205. The van der Waals surface area contributed by atoms with Gasteiger partial charge in [-0.1, -0.05) is 0 Å². The van der Waals surface area contributed by atoms with Gasteiger partial charge >= 0.3 is 6.09 Å². The topological polar surface area (TPSA) is 62.4 Å². The number of carbonyl (C=O) groups excluding carboxylic acids is 1. The molecular formula is C15H22N2O3. The molecule has 0 atom stereocenters. The molecule has 5 heteroatoms. The number of nitrogens with zero attached hydrogens (tertiary/aromatic N) is 1. The van der Waals surface area contributed by atoms with Gasteiger partial charge in [0.1, 0.15) is 5.60 Å². The normalized spacial score (nSPS) is 17.1.